The van der Waals surface area contributed by atoms with Crippen LogP contribution in [-0.2, 0) is 28.5 Å². The van der Waals surface area contributed by atoms with Crippen LogP contribution < -0.4 is 0 Å². The maximum absolute atomic E-state index is 13.1. The summed E-state index contributed by atoms with van der Waals surface area (Å²) in [6.07, 6.45) is -9.62. The Morgan fingerprint density at radius 1 is 0.772 bits per heavy atom. The Labute approximate surface area is 332 Å². The minimum absolute atomic E-state index is 0.0180. The molecule has 4 saturated carbocycles. The molecule has 5 aliphatic carbocycles. The average molecular weight is 813 g/mol. The highest BCUT2D eigenvalue weighted by atomic mass is 16.7. The van der Waals surface area contributed by atoms with E-state index in [1.54, 1.807) is 6.92 Å². The molecule has 7 aliphatic rings. The molecule has 0 aromatic heterocycles. The standard InChI is InChI=1S/C41H64O16/c1-36(34(50)51)10-12-41(35(52)53)13-11-39(4)19(20(41)14-36)6-7-25-37(2)15-21(44)31(38(3,18-43)24(37)8-9-40(25,39)5)57-32-29(48)27(46)23(17-54-32)56-33-30(49)28(47)26(45)22(16-42)55-33/h6,20-33,42-49H,7-18H2,1-5H3,(H,50,51)(H,52,53)/t20-,21-,22+,23+,24+,25+,26+,27-,28-,29+,30+,31-,32-,33-,36+,37-,38-,39+,40+,41-/m0/s1. The first-order valence-electron chi connectivity index (χ1n) is 20.6. The summed E-state index contributed by atoms with van der Waals surface area (Å²) in [4.78, 5) is 25.6. The van der Waals surface area contributed by atoms with Crippen LogP contribution >= 0.6 is 0 Å². The van der Waals surface area contributed by atoms with Gasteiger partial charge in [-0.15, -0.1) is 0 Å². The molecule has 57 heavy (non-hydrogen) atoms. The normalized spacial score (nSPS) is 55.0. The summed E-state index contributed by atoms with van der Waals surface area (Å²) in [6.45, 7) is 8.87. The van der Waals surface area contributed by atoms with E-state index in [-0.39, 0.29) is 36.9 Å². The number of hydrogen-bond donors (Lipinski definition) is 10. The van der Waals surface area contributed by atoms with E-state index in [0.29, 0.717) is 44.9 Å². The van der Waals surface area contributed by atoms with E-state index >= 15 is 0 Å². The highest BCUT2D eigenvalue weighted by Crippen LogP contribution is 2.76. The number of carboxylic acids is 2. The van der Waals surface area contributed by atoms with Gasteiger partial charge in [0.2, 0.25) is 0 Å². The zero-order chi connectivity index (χ0) is 41.8. The molecule has 16 heteroatoms. The second-order valence-corrected chi connectivity index (χ2v) is 19.9. The molecule has 2 aliphatic heterocycles. The number of aliphatic carboxylic acids is 2. The number of hydrogen-bond acceptors (Lipinski definition) is 14. The van der Waals surface area contributed by atoms with Crippen molar-refractivity contribution in [3.63, 3.8) is 0 Å². The van der Waals surface area contributed by atoms with Gasteiger partial charge in [0.15, 0.2) is 12.6 Å². The van der Waals surface area contributed by atoms with Gasteiger partial charge in [0, 0.05) is 5.41 Å². The second kappa shape index (κ2) is 14.7. The fourth-order valence-electron chi connectivity index (χ4n) is 13.5. The average Bonchev–Trinajstić information content (AvgIpc) is 3.16. The molecule has 2 heterocycles. The monoisotopic (exact) mass is 812 g/mol. The Balaban J connectivity index is 1.11. The van der Waals surface area contributed by atoms with Crippen LogP contribution in [-0.4, -0.2) is 150 Å². The first-order valence-corrected chi connectivity index (χ1v) is 20.6. The molecular formula is C41H64O16. The summed E-state index contributed by atoms with van der Waals surface area (Å²) < 4.78 is 23.2. The number of fused-ring (bicyclic) bond motifs is 7. The van der Waals surface area contributed by atoms with E-state index in [1.165, 1.54) is 0 Å². The fourth-order valence-corrected chi connectivity index (χ4v) is 13.5. The van der Waals surface area contributed by atoms with Gasteiger partial charge < -0.3 is 70.0 Å². The molecule has 10 N–H and O–H groups in total. The van der Waals surface area contributed by atoms with Gasteiger partial charge in [-0.1, -0.05) is 39.3 Å². The fraction of sp³-hybridized carbons (Fsp3) is 0.902. The van der Waals surface area contributed by atoms with Crippen molar-refractivity contribution in [2.75, 3.05) is 19.8 Å². The molecule has 6 fully saturated rings. The van der Waals surface area contributed by atoms with Crippen molar-refractivity contribution in [3.8, 4) is 0 Å². The number of ether oxygens (including phenoxy) is 4. The number of carbonyl (C=O) groups is 2. The SMILES string of the molecule is C[C@@]1(C(=O)O)CC[C@]2(C(=O)O)CC[C@]3(C)C(=CC[C@@H]4[C@@]5(C)C[C@H](O)[C@H](O[C@@H]6OC[C@@H](O[C@@H]7O[C@H](CO)[C@@H](O)[C@H](O)[C@H]7O)[C@H](O)[C@H]6O)[C@@](C)(CO)[C@@H]5CC[C@]43C)[C@@H]2C1. The highest BCUT2D eigenvalue weighted by molar-refractivity contribution is 5.79. The smallest absolute Gasteiger partial charge is 0.310 e. The minimum Gasteiger partial charge on any atom is -0.481 e. The molecule has 0 aromatic carbocycles. The summed E-state index contributed by atoms with van der Waals surface area (Å²) in [5.74, 6) is -2.32. The zero-order valence-corrected chi connectivity index (χ0v) is 33.6. The first kappa shape index (κ1) is 43.3. The Morgan fingerprint density at radius 2 is 1.44 bits per heavy atom. The second-order valence-electron chi connectivity index (χ2n) is 19.9. The van der Waals surface area contributed by atoms with Crippen molar-refractivity contribution in [2.24, 2.45) is 50.2 Å². The third-order valence-corrected chi connectivity index (χ3v) is 17.3. The molecule has 20 atom stereocenters. The maximum Gasteiger partial charge on any atom is 0.310 e. The van der Waals surface area contributed by atoms with Crippen molar-refractivity contribution < 1.29 is 79.6 Å². The quantitative estimate of drug-likeness (QED) is 0.118. The summed E-state index contributed by atoms with van der Waals surface area (Å²) in [6, 6.07) is 0. The molecular weight excluding hydrogens is 748 g/mol. The topological polar surface area (TPSA) is 273 Å². The Morgan fingerprint density at radius 3 is 2.07 bits per heavy atom. The van der Waals surface area contributed by atoms with Crippen LogP contribution in [0.25, 0.3) is 0 Å². The molecule has 0 aromatic rings. The molecule has 0 amide bonds. The molecule has 324 valence electrons. The van der Waals surface area contributed by atoms with E-state index < -0.39 is 119 Å². The number of aliphatic hydroxyl groups excluding tert-OH is 8. The third-order valence-electron chi connectivity index (χ3n) is 17.3. The maximum atomic E-state index is 13.1. The molecule has 16 nitrogen and oxygen atoms in total. The van der Waals surface area contributed by atoms with Crippen molar-refractivity contribution in [1.82, 2.24) is 0 Å². The van der Waals surface area contributed by atoms with E-state index in [2.05, 4.69) is 26.8 Å². The number of aliphatic hydroxyl groups is 8. The van der Waals surface area contributed by atoms with Gasteiger partial charge in [0.05, 0.1) is 42.9 Å². The van der Waals surface area contributed by atoms with Gasteiger partial charge in [-0.2, -0.15) is 0 Å². The van der Waals surface area contributed by atoms with Gasteiger partial charge in [0.1, 0.15) is 42.7 Å². The number of rotatable bonds is 8. The number of allylic oxidation sites excluding steroid dienone is 2. The molecule has 0 spiro atoms. The van der Waals surface area contributed by atoms with E-state index in [9.17, 15) is 60.7 Å². The summed E-state index contributed by atoms with van der Waals surface area (Å²) in [5.41, 5.74) is -3.31. The van der Waals surface area contributed by atoms with Crippen molar-refractivity contribution >= 4 is 11.9 Å². The van der Waals surface area contributed by atoms with Gasteiger partial charge in [0.25, 0.3) is 0 Å². The minimum atomic E-state index is -1.74. The molecule has 0 unspecified atom stereocenters. The van der Waals surface area contributed by atoms with Gasteiger partial charge >= 0.3 is 11.9 Å². The lowest BCUT2D eigenvalue weighted by Gasteiger charge is -2.71. The van der Waals surface area contributed by atoms with E-state index in [0.717, 1.165) is 12.0 Å². The van der Waals surface area contributed by atoms with E-state index in [1.807, 2.05) is 6.92 Å². The van der Waals surface area contributed by atoms with E-state index in [4.69, 9.17) is 18.9 Å². The van der Waals surface area contributed by atoms with Crippen LogP contribution in [0.1, 0.15) is 92.4 Å². The molecule has 2 saturated heterocycles. The lowest BCUT2D eigenvalue weighted by molar-refractivity contribution is -0.357. The zero-order valence-electron chi connectivity index (χ0n) is 33.6. The summed E-state index contributed by atoms with van der Waals surface area (Å²) >= 11 is 0. The van der Waals surface area contributed by atoms with Gasteiger partial charge in [-0.05, 0) is 98.7 Å². The van der Waals surface area contributed by atoms with Crippen LogP contribution in [0.2, 0.25) is 0 Å². The highest BCUT2D eigenvalue weighted by Gasteiger charge is 2.71. The number of carboxylic acid groups (broad SMARTS) is 2. The molecule has 7 rings (SSSR count). The summed E-state index contributed by atoms with van der Waals surface area (Å²) in [7, 11) is 0. The van der Waals surface area contributed by atoms with Crippen molar-refractivity contribution in [1.29, 1.82) is 0 Å². The van der Waals surface area contributed by atoms with Gasteiger partial charge in [-0.3, -0.25) is 9.59 Å². The van der Waals surface area contributed by atoms with Crippen molar-refractivity contribution in [3.05, 3.63) is 11.6 Å². The van der Waals surface area contributed by atoms with Crippen LogP contribution in [0.15, 0.2) is 11.6 Å². The predicted molar refractivity (Wildman–Crippen MR) is 197 cm³/mol. The summed E-state index contributed by atoms with van der Waals surface area (Å²) in [5, 5.41) is 107. The van der Waals surface area contributed by atoms with Crippen LogP contribution in [0.4, 0.5) is 0 Å². The lowest BCUT2D eigenvalue weighted by atomic mass is 9.33. The molecule has 0 bridgehead atoms. The van der Waals surface area contributed by atoms with Crippen LogP contribution in [0.5, 0.6) is 0 Å². The Hall–Kier alpha value is -1.80. The van der Waals surface area contributed by atoms with Crippen LogP contribution in [0.3, 0.4) is 0 Å². The predicted octanol–water partition coefficient (Wildman–Crippen LogP) is 0.529. The largest absolute Gasteiger partial charge is 0.481 e. The Kier molecular flexibility index (Phi) is 11.2. The third kappa shape index (κ3) is 6.21. The Bertz CT molecular complexity index is 1590. The van der Waals surface area contributed by atoms with Gasteiger partial charge in [-0.25, -0.2) is 0 Å². The van der Waals surface area contributed by atoms with Crippen molar-refractivity contribution in [2.45, 2.75) is 160 Å². The first-order chi connectivity index (χ1) is 26.6. The lowest BCUT2D eigenvalue weighted by Crippen LogP contribution is -2.69. The van der Waals surface area contributed by atoms with Crippen LogP contribution in [0, 0.1) is 50.2 Å². The molecule has 0 radical (unpaired) electrons.